The average Bonchev–Trinajstić information content (AvgIpc) is 2.96. The number of anilines is 1. The van der Waals surface area contributed by atoms with Gasteiger partial charge in [0.15, 0.2) is 5.65 Å². The van der Waals surface area contributed by atoms with E-state index in [4.69, 9.17) is 0 Å². The second-order valence-electron chi connectivity index (χ2n) is 5.55. The molecule has 0 unspecified atom stereocenters. The summed E-state index contributed by atoms with van der Waals surface area (Å²) < 4.78 is 1.80. The van der Waals surface area contributed by atoms with E-state index in [1.807, 2.05) is 24.3 Å². The predicted octanol–water partition coefficient (Wildman–Crippen LogP) is 2.22. The number of hydrogen-bond donors (Lipinski definition) is 2. The summed E-state index contributed by atoms with van der Waals surface area (Å²) in [6.07, 6.45) is 5.29. The van der Waals surface area contributed by atoms with Gasteiger partial charge < -0.3 is 10.4 Å². The Labute approximate surface area is 128 Å². The van der Waals surface area contributed by atoms with Crippen LogP contribution in [-0.4, -0.2) is 37.3 Å². The molecule has 114 valence electrons. The molecule has 3 rings (SSSR count). The van der Waals surface area contributed by atoms with Gasteiger partial charge in [-0.2, -0.15) is 0 Å². The van der Waals surface area contributed by atoms with Crippen LogP contribution in [0.15, 0.2) is 42.9 Å². The zero-order chi connectivity index (χ0) is 15.5. The Kier molecular flexibility index (Phi) is 4.02. The first-order valence-electron chi connectivity index (χ1n) is 7.31. The number of imidazole rings is 1. The molecule has 0 saturated heterocycles. The zero-order valence-corrected chi connectivity index (χ0v) is 12.6. The van der Waals surface area contributed by atoms with Gasteiger partial charge in [-0.25, -0.2) is 9.50 Å². The van der Waals surface area contributed by atoms with Crippen LogP contribution in [0.25, 0.3) is 16.9 Å². The summed E-state index contributed by atoms with van der Waals surface area (Å²) in [6, 6.07) is 7.61. The summed E-state index contributed by atoms with van der Waals surface area (Å²) in [6.45, 7) is 4.19. The first-order chi connectivity index (χ1) is 10.7. The van der Waals surface area contributed by atoms with Gasteiger partial charge >= 0.3 is 0 Å². The van der Waals surface area contributed by atoms with Gasteiger partial charge in [0.1, 0.15) is 5.82 Å². The van der Waals surface area contributed by atoms with E-state index >= 15 is 0 Å². The lowest BCUT2D eigenvalue weighted by atomic mass is 10.1. The number of rotatable bonds is 5. The van der Waals surface area contributed by atoms with E-state index in [1.165, 1.54) is 0 Å². The highest BCUT2D eigenvalue weighted by Gasteiger charge is 2.13. The Bertz CT molecular complexity index is 754. The van der Waals surface area contributed by atoms with Crippen molar-refractivity contribution in [3.8, 4) is 11.3 Å². The molecular weight excluding hydrogens is 278 g/mol. The fourth-order valence-corrected chi connectivity index (χ4v) is 2.28. The van der Waals surface area contributed by atoms with Gasteiger partial charge in [-0.05, 0) is 30.2 Å². The number of hydrogen-bond acceptors (Lipinski definition) is 5. The van der Waals surface area contributed by atoms with Crippen LogP contribution in [0.4, 0.5) is 5.82 Å². The lowest BCUT2D eigenvalue weighted by Gasteiger charge is -2.20. The molecule has 22 heavy (non-hydrogen) atoms. The first-order valence-corrected chi connectivity index (χ1v) is 7.31. The van der Waals surface area contributed by atoms with Crippen LogP contribution in [0, 0.1) is 5.92 Å². The predicted molar refractivity (Wildman–Crippen MR) is 85.6 cm³/mol. The zero-order valence-electron chi connectivity index (χ0n) is 12.6. The summed E-state index contributed by atoms with van der Waals surface area (Å²) in [7, 11) is 0. The monoisotopic (exact) mass is 297 g/mol. The van der Waals surface area contributed by atoms with Crippen LogP contribution in [0.5, 0.6) is 0 Å². The highest BCUT2D eigenvalue weighted by Crippen LogP contribution is 2.20. The van der Waals surface area contributed by atoms with E-state index < -0.39 is 0 Å². The molecule has 0 radical (unpaired) electrons. The second kappa shape index (κ2) is 6.11. The minimum atomic E-state index is -0.0298. The molecule has 0 spiro atoms. The van der Waals surface area contributed by atoms with Crippen molar-refractivity contribution in [3.63, 3.8) is 0 Å². The molecule has 0 aliphatic heterocycles. The third-order valence-corrected chi connectivity index (χ3v) is 3.67. The molecule has 3 aromatic heterocycles. The first kappa shape index (κ1) is 14.5. The normalized spacial score (nSPS) is 12.7. The van der Waals surface area contributed by atoms with E-state index in [9.17, 15) is 5.11 Å². The standard InChI is InChI=1S/C16H19N5O/c1-11(2)13(10-22)19-15-3-4-16-18-9-14(21(16)20-15)12-5-7-17-8-6-12/h3-9,11,13,22H,10H2,1-2H3,(H,19,20)/t13-/m1/s1. The molecule has 0 aromatic carbocycles. The summed E-state index contributed by atoms with van der Waals surface area (Å²) in [4.78, 5) is 8.41. The lowest BCUT2D eigenvalue weighted by molar-refractivity contribution is 0.249. The van der Waals surface area contributed by atoms with Gasteiger partial charge in [-0.3, -0.25) is 4.98 Å². The molecule has 0 aliphatic carbocycles. The largest absolute Gasteiger partial charge is 0.394 e. The molecule has 0 bridgehead atoms. The molecule has 3 aromatic rings. The fraction of sp³-hybridized carbons (Fsp3) is 0.312. The minimum Gasteiger partial charge on any atom is -0.394 e. The Morgan fingerprint density at radius 2 is 1.95 bits per heavy atom. The number of aliphatic hydroxyl groups is 1. The van der Waals surface area contributed by atoms with Crippen molar-refractivity contribution in [2.45, 2.75) is 19.9 Å². The number of pyridine rings is 1. The number of fused-ring (bicyclic) bond motifs is 1. The maximum absolute atomic E-state index is 9.45. The van der Waals surface area contributed by atoms with Gasteiger partial charge in [0, 0.05) is 18.0 Å². The van der Waals surface area contributed by atoms with Crippen molar-refractivity contribution in [1.29, 1.82) is 0 Å². The van der Waals surface area contributed by atoms with Gasteiger partial charge in [0.2, 0.25) is 0 Å². The van der Waals surface area contributed by atoms with Crippen molar-refractivity contribution in [2.75, 3.05) is 11.9 Å². The second-order valence-corrected chi connectivity index (χ2v) is 5.55. The number of nitrogens with one attached hydrogen (secondary N) is 1. The third kappa shape index (κ3) is 2.78. The van der Waals surface area contributed by atoms with E-state index in [-0.39, 0.29) is 12.6 Å². The van der Waals surface area contributed by atoms with Crippen LogP contribution >= 0.6 is 0 Å². The van der Waals surface area contributed by atoms with Crippen molar-refractivity contribution in [3.05, 3.63) is 42.9 Å². The van der Waals surface area contributed by atoms with Crippen molar-refractivity contribution in [1.82, 2.24) is 19.6 Å². The highest BCUT2D eigenvalue weighted by atomic mass is 16.3. The lowest BCUT2D eigenvalue weighted by Crippen LogP contribution is -2.30. The Morgan fingerprint density at radius 1 is 1.18 bits per heavy atom. The Morgan fingerprint density at radius 3 is 2.64 bits per heavy atom. The minimum absolute atomic E-state index is 0.0298. The van der Waals surface area contributed by atoms with Crippen LogP contribution in [0.2, 0.25) is 0 Å². The van der Waals surface area contributed by atoms with E-state index in [0.29, 0.717) is 11.7 Å². The van der Waals surface area contributed by atoms with Gasteiger partial charge in [-0.1, -0.05) is 13.8 Å². The summed E-state index contributed by atoms with van der Waals surface area (Å²) in [5.41, 5.74) is 2.70. The summed E-state index contributed by atoms with van der Waals surface area (Å²) in [5.74, 6) is 1.03. The molecule has 0 saturated carbocycles. The van der Waals surface area contributed by atoms with Crippen LogP contribution in [-0.2, 0) is 0 Å². The summed E-state index contributed by atoms with van der Waals surface area (Å²) >= 11 is 0. The summed E-state index contributed by atoms with van der Waals surface area (Å²) in [5, 5.41) is 17.3. The number of nitrogens with zero attached hydrogens (tertiary/aromatic N) is 4. The Balaban J connectivity index is 1.98. The molecule has 1 atom stereocenters. The van der Waals surface area contributed by atoms with Crippen LogP contribution in [0.3, 0.4) is 0 Å². The third-order valence-electron chi connectivity index (χ3n) is 3.67. The molecule has 0 aliphatic rings. The fourth-order valence-electron chi connectivity index (χ4n) is 2.28. The quantitative estimate of drug-likeness (QED) is 0.755. The van der Waals surface area contributed by atoms with Gasteiger partial charge in [0.05, 0.1) is 24.5 Å². The number of aliphatic hydroxyl groups excluding tert-OH is 1. The van der Waals surface area contributed by atoms with Gasteiger partial charge in [0.25, 0.3) is 0 Å². The van der Waals surface area contributed by atoms with Crippen molar-refractivity contribution in [2.24, 2.45) is 5.92 Å². The molecule has 0 fully saturated rings. The molecule has 3 heterocycles. The Hall–Kier alpha value is -2.47. The SMILES string of the molecule is CC(C)[C@@H](CO)Nc1ccc2ncc(-c3ccncc3)n2n1. The molecular formula is C16H19N5O. The highest BCUT2D eigenvalue weighted by molar-refractivity contribution is 5.63. The topological polar surface area (TPSA) is 75.3 Å². The maximum atomic E-state index is 9.45. The number of aromatic nitrogens is 4. The maximum Gasteiger partial charge on any atom is 0.154 e. The van der Waals surface area contributed by atoms with Crippen LogP contribution < -0.4 is 5.32 Å². The van der Waals surface area contributed by atoms with Gasteiger partial charge in [-0.15, -0.1) is 5.10 Å². The molecule has 6 nitrogen and oxygen atoms in total. The molecule has 0 amide bonds. The van der Waals surface area contributed by atoms with Crippen LogP contribution in [0.1, 0.15) is 13.8 Å². The van der Waals surface area contributed by atoms with E-state index in [1.54, 1.807) is 23.1 Å². The molecule has 2 N–H and O–H groups in total. The van der Waals surface area contributed by atoms with Crippen molar-refractivity contribution < 1.29 is 5.11 Å². The van der Waals surface area contributed by atoms with E-state index in [0.717, 1.165) is 16.9 Å². The smallest absolute Gasteiger partial charge is 0.154 e. The molecule has 6 heteroatoms. The van der Waals surface area contributed by atoms with E-state index in [2.05, 4.69) is 34.2 Å². The van der Waals surface area contributed by atoms with Crippen molar-refractivity contribution >= 4 is 11.5 Å². The average molecular weight is 297 g/mol.